The van der Waals surface area contributed by atoms with Gasteiger partial charge in [0.25, 0.3) is 0 Å². The summed E-state index contributed by atoms with van der Waals surface area (Å²) in [6, 6.07) is 7.48. The van der Waals surface area contributed by atoms with Gasteiger partial charge in [0.1, 0.15) is 0 Å². The van der Waals surface area contributed by atoms with Crippen molar-refractivity contribution in [3.05, 3.63) is 29.3 Å². The average Bonchev–Trinajstić information content (AvgIpc) is 2.52. The summed E-state index contributed by atoms with van der Waals surface area (Å²) in [6.07, 6.45) is 5.62. The Morgan fingerprint density at radius 3 is 3.00 bits per heavy atom. The lowest BCUT2D eigenvalue weighted by Crippen LogP contribution is -2.53. The molecule has 3 nitrogen and oxygen atoms in total. The summed E-state index contributed by atoms with van der Waals surface area (Å²) in [4.78, 5) is 2.62. The minimum atomic E-state index is 0.445. The monoisotopic (exact) mass is 288 g/mol. The first kappa shape index (κ1) is 14.9. The van der Waals surface area contributed by atoms with Crippen molar-refractivity contribution in [2.75, 3.05) is 24.6 Å². The van der Waals surface area contributed by atoms with Crippen LogP contribution in [0.4, 0.5) is 5.69 Å². The zero-order valence-corrected chi connectivity index (χ0v) is 13.4. The molecule has 0 bridgehead atoms. The molecule has 0 radical (unpaired) electrons. The Labute approximate surface area is 128 Å². The van der Waals surface area contributed by atoms with Crippen LogP contribution in [0.3, 0.4) is 0 Å². The summed E-state index contributed by atoms with van der Waals surface area (Å²) in [6.45, 7) is 8.23. The van der Waals surface area contributed by atoms with E-state index >= 15 is 0 Å². The van der Waals surface area contributed by atoms with Crippen molar-refractivity contribution < 1.29 is 4.74 Å². The number of ether oxygens (including phenoxy) is 1. The second kappa shape index (κ2) is 6.80. The molecule has 2 aliphatic rings. The topological polar surface area (TPSA) is 24.5 Å². The second-order valence-electron chi connectivity index (χ2n) is 6.37. The van der Waals surface area contributed by atoms with Gasteiger partial charge in [0.2, 0.25) is 0 Å². The lowest BCUT2D eigenvalue weighted by molar-refractivity contribution is -0.00874. The summed E-state index contributed by atoms with van der Waals surface area (Å²) in [5.41, 5.74) is 4.20. The van der Waals surface area contributed by atoms with E-state index < -0.39 is 0 Å². The first-order chi connectivity index (χ1) is 10.3. The minimum absolute atomic E-state index is 0.445. The van der Waals surface area contributed by atoms with Gasteiger partial charge >= 0.3 is 0 Å². The average molecular weight is 288 g/mol. The number of nitrogens with zero attached hydrogens (tertiary/aromatic N) is 1. The fraction of sp³-hybridized carbons (Fsp3) is 0.667. The standard InChI is InChI=1S/C18H28N2O/c1-3-19-13-15-12-14(2)8-9-16(15)20-10-11-21-18-7-5-4-6-17(18)20/h8-9,12,17-19H,3-7,10-11,13H2,1-2H3. The molecule has 1 aliphatic heterocycles. The van der Waals surface area contributed by atoms with E-state index in [0.717, 1.165) is 26.2 Å². The van der Waals surface area contributed by atoms with E-state index in [9.17, 15) is 0 Å². The molecule has 1 aromatic rings. The fourth-order valence-electron chi connectivity index (χ4n) is 3.79. The number of hydrogen-bond acceptors (Lipinski definition) is 3. The maximum absolute atomic E-state index is 6.02. The number of anilines is 1. The Bertz CT molecular complexity index is 472. The molecule has 1 saturated carbocycles. The van der Waals surface area contributed by atoms with E-state index in [4.69, 9.17) is 4.74 Å². The molecule has 1 aromatic carbocycles. The molecule has 3 rings (SSSR count). The van der Waals surface area contributed by atoms with Crippen molar-refractivity contribution in [1.82, 2.24) is 5.32 Å². The molecule has 116 valence electrons. The highest BCUT2D eigenvalue weighted by molar-refractivity contribution is 5.56. The highest BCUT2D eigenvalue weighted by Gasteiger charge is 2.34. The maximum Gasteiger partial charge on any atom is 0.0779 e. The predicted molar refractivity (Wildman–Crippen MR) is 87.9 cm³/mol. The summed E-state index contributed by atoms with van der Waals surface area (Å²) in [5.74, 6) is 0. The van der Waals surface area contributed by atoms with Crippen LogP contribution in [0, 0.1) is 6.92 Å². The van der Waals surface area contributed by atoms with Crippen molar-refractivity contribution in [2.24, 2.45) is 0 Å². The molecule has 2 unspecified atom stereocenters. The van der Waals surface area contributed by atoms with Crippen molar-refractivity contribution in [2.45, 2.75) is 58.2 Å². The first-order valence-corrected chi connectivity index (χ1v) is 8.48. The predicted octanol–water partition coefficient (Wildman–Crippen LogP) is 3.25. The van der Waals surface area contributed by atoms with E-state index in [0.29, 0.717) is 12.1 Å². The Hall–Kier alpha value is -1.06. The maximum atomic E-state index is 6.02. The van der Waals surface area contributed by atoms with Gasteiger partial charge in [0.15, 0.2) is 0 Å². The van der Waals surface area contributed by atoms with Crippen LogP contribution in [-0.4, -0.2) is 31.8 Å². The molecule has 0 amide bonds. The number of hydrogen-bond donors (Lipinski definition) is 1. The second-order valence-corrected chi connectivity index (χ2v) is 6.37. The lowest BCUT2D eigenvalue weighted by Gasteiger charge is -2.45. The Kier molecular flexibility index (Phi) is 4.81. The minimum Gasteiger partial charge on any atom is -0.374 e. The van der Waals surface area contributed by atoms with E-state index in [1.54, 1.807) is 0 Å². The fourth-order valence-corrected chi connectivity index (χ4v) is 3.79. The summed E-state index contributed by atoms with van der Waals surface area (Å²) >= 11 is 0. The largest absolute Gasteiger partial charge is 0.374 e. The third kappa shape index (κ3) is 3.24. The summed E-state index contributed by atoms with van der Waals surface area (Å²) < 4.78 is 6.02. The lowest BCUT2D eigenvalue weighted by atomic mass is 9.89. The van der Waals surface area contributed by atoms with Crippen LogP contribution in [0.1, 0.15) is 43.7 Å². The SMILES string of the molecule is CCNCc1cc(C)ccc1N1CCOC2CCCCC21. The van der Waals surface area contributed by atoms with E-state index in [1.165, 1.54) is 42.5 Å². The smallest absolute Gasteiger partial charge is 0.0779 e. The molecule has 1 N–H and O–H groups in total. The molecular formula is C18H28N2O. The van der Waals surface area contributed by atoms with Crippen molar-refractivity contribution >= 4 is 5.69 Å². The van der Waals surface area contributed by atoms with Crippen LogP contribution >= 0.6 is 0 Å². The van der Waals surface area contributed by atoms with Gasteiger partial charge in [-0.2, -0.15) is 0 Å². The Morgan fingerprint density at radius 2 is 2.14 bits per heavy atom. The normalized spacial score (nSPS) is 25.7. The molecule has 0 aromatic heterocycles. The van der Waals surface area contributed by atoms with Crippen LogP contribution < -0.4 is 10.2 Å². The number of morpholine rings is 1. The molecule has 21 heavy (non-hydrogen) atoms. The zero-order chi connectivity index (χ0) is 14.7. The molecule has 2 fully saturated rings. The van der Waals surface area contributed by atoms with Gasteiger partial charge in [-0.05, 0) is 37.9 Å². The van der Waals surface area contributed by atoms with E-state index in [1.807, 2.05) is 0 Å². The van der Waals surface area contributed by atoms with Crippen molar-refractivity contribution in [3.63, 3.8) is 0 Å². The number of fused-ring (bicyclic) bond motifs is 1. The van der Waals surface area contributed by atoms with Crippen LogP contribution in [0.5, 0.6) is 0 Å². The first-order valence-electron chi connectivity index (χ1n) is 8.48. The number of rotatable bonds is 4. The van der Waals surface area contributed by atoms with E-state index in [-0.39, 0.29) is 0 Å². The molecule has 1 heterocycles. The van der Waals surface area contributed by atoms with Crippen LogP contribution in [0.2, 0.25) is 0 Å². The highest BCUT2D eigenvalue weighted by atomic mass is 16.5. The van der Waals surface area contributed by atoms with Gasteiger partial charge in [-0.1, -0.05) is 37.5 Å². The van der Waals surface area contributed by atoms with E-state index in [2.05, 4.69) is 42.3 Å². The van der Waals surface area contributed by atoms with Gasteiger partial charge in [0, 0.05) is 18.8 Å². The zero-order valence-electron chi connectivity index (χ0n) is 13.4. The van der Waals surface area contributed by atoms with Gasteiger partial charge in [-0.15, -0.1) is 0 Å². The van der Waals surface area contributed by atoms with Crippen LogP contribution in [-0.2, 0) is 11.3 Å². The molecule has 3 heteroatoms. The highest BCUT2D eigenvalue weighted by Crippen LogP contribution is 2.34. The Balaban J connectivity index is 1.87. The van der Waals surface area contributed by atoms with Gasteiger partial charge in [-0.3, -0.25) is 0 Å². The van der Waals surface area contributed by atoms with Crippen molar-refractivity contribution in [1.29, 1.82) is 0 Å². The van der Waals surface area contributed by atoms with Crippen LogP contribution in [0.15, 0.2) is 18.2 Å². The number of benzene rings is 1. The van der Waals surface area contributed by atoms with Gasteiger partial charge in [0.05, 0.1) is 18.8 Å². The molecule has 2 atom stereocenters. The van der Waals surface area contributed by atoms with Crippen molar-refractivity contribution in [3.8, 4) is 0 Å². The third-order valence-electron chi connectivity index (χ3n) is 4.84. The molecule has 1 saturated heterocycles. The van der Waals surface area contributed by atoms with Crippen LogP contribution in [0.25, 0.3) is 0 Å². The third-order valence-corrected chi connectivity index (χ3v) is 4.84. The molecule has 0 spiro atoms. The summed E-state index contributed by atoms with van der Waals surface area (Å²) in [5, 5.41) is 3.49. The van der Waals surface area contributed by atoms with Gasteiger partial charge in [-0.25, -0.2) is 0 Å². The number of aryl methyl sites for hydroxylation is 1. The molecular weight excluding hydrogens is 260 g/mol. The quantitative estimate of drug-likeness (QED) is 0.920. The number of nitrogens with one attached hydrogen (secondary N) is 1. The summed E-state index contributed by atoms with van der Waals surface area (Å²) in [7, 11) is 0. The Morgan fingerprint density at radius 1 is 1.29 bits per heavy atom. The molecule has 1 aliphatic carbocycles. The van der Waals surface area contributed by atoms with Gasteiger partial charge < -0.3 is 15.0 Å².